The van der Waals surface area contributed by atoms with Crippen LogP contribution < -0.4 is 5.32 Å². The Bertz CT molecular complexity index is 967. The highest BCUT2D eigenvalue weighted by Gasteiger charge is 2.11. The maximum atomic E-state index is 4.67. The van der Waals surface area contributed by atoms with E-state index in [0.717, 1.165) is 34.8 Å². The normalized spacial score (nSPS) is 12.2. The summed E-state index contributed by atoms with van der Waals surface area (Å²) in [6.45, 7) is 2.11. The van der Waals surface area contributed by atoms with Crippen LogP contribution >= 0.6 is 0 Å². The molecule has 4 aromatic rings. The number of hydrogen-bond acceptors (Lipinski definition) is 6. The van der Waals surface area contributed by atoms with Crippen molar-refractivity contribution in [2.75, 3.05) is 5.32 Å². The number of hydrogen-bond donors (Lipinski definition) is 1. The molecule has 1 atom stereocenters. The van der Waals surface area contributed by atoms with Crippen molar-refractivity contribution in [1.29, 1.82) is 0 Å². The van der Waals surface area contributed by atoms with Gasteiger partial charge in [0, 0.05) is 61.1 Å². The van der Waals surface area contributed by atoms with Crippen LogP contribution in [0.4, 0.5) is 5.82 Å². The van der Waals surface area contributed by atoms with Gasteiger partial charge in [0.2, 0.25) is 0 Å². The fourth-order valence-electron chi connectivity index (χ4n) is 2.74. The van der Waals surface area contributed by atoms with Crippen molar-refractivity contribution in [2.24, 2.45) is 0 Å². The summed E-state index contributed by atoms with van der Waals surface area (Å²) in [5.74, 6) is 0.887. The fourth-order valence-corrected chi connectivity index (χ4v) is 2.74. The molecule has 0 saturated heterocycles. The summed E-state index contributed by atoms with van der Waals surface area (Å²) in [5.41, 5.74) is 3.64. The third-order valence-electron chi connectivity index (χ3n) is 3.86. The Balaban J connectivity index is 1.65. The zero-order chi connectivity index (χ0) is 17.1. The topological polar surface area (TPSA) is 80.9 Å². The number of aromatic nitrogens is 6. The van der Waals surface area contributed by atoms with E-state index in [9.17, 15) is 0 Å². The van der Waals surface area contributed by atoms with Crippen LogP contribution in [0.5, 0.6) is 0 Å². The molecule has 7 nitrogen and oxygen atoms in total. The number of anilines is 1. The van der Waals surface area contributed by atoms with E-state index in [4.69, 9.17) is 0 Å². The van der Waals surface area contributed by atoms with Crippen molar-refractivity contribution < 1.29 is 0 Å². The second kappa shape index (κ2) is 6.64. The van der Waals surface area contributed by atoms with Crippen molar-refractivity contribution in [3.05, 3.63) is 67.1 Å². The van der Waals surface area contributed by atoms with Crippen LogP contribution in [0.2, 0.25) is 0 Å². The van der Waals surface area contributed by atoms with Crippen LogP contribution in [0.3, 0.4) is 0 Å². The Hall–Kier alpha value is -3.35. The monoisotopic (exact) mass is 331 g/mol. The fraction of sp³-hybridized carbons (Fsp3) is 0.167. The molecule has 0 unspecified atom stereocenters. The molecule has 124 valence electrons. The molecule has 0 fully saturated rings. The summed E-state index contributed by atoms with van der Waals surface area (Å²) in [7, 11) is 0. The molecule has 0 aromatic carbocycles. The first-order valence-electron chi connectivity index (χ1n) is 8.06. The summed E-state index contributed by atoms with van der Waals surface area (Å²) < 4.78 is 1.80. The van der Waals surface area contributed by atoms with E-state index in [1.54, 1.807) is 41.7 Å². The van der Waals surface area contributed by atoms with Gasteiger partial charge in [-0.05, 0) is 19.1 Å². The molecule has 25 heavy (non-hydrogen) atoms. The maximum absolute atomic E-state index is 4.67. The highest BCUT2D eigenvalue weighted by molar-refractivity contribution is 5.66. The molecule has 0 bridgehead atoms. The smallest absolute Gasteiger partial charge is 0.157 e. The predicted molar refractivity (Wildman–Crippen MR) is 95.0 cm³/mol. The van der Waals surface area contributed by atoms with Gasteiger partial charge in [0.25, 0.3) is 0 Å². The molecule has 1 N–H and O–H groups in total. The van der Waals surface area contributed by atoms with Crippen LogP contribution in [-0.2, 0) is 6.42 Å². The van der Waals surface area contributed by atoms with Crippen LogP contribution in [0, 0.1) is 0 Å². The van der Waals surface area contributed by atoms with Gasteiger partial charge in [-0.1, -0.05) is 0 Å². The summed E-state index contributed by atoms with van der Waals surface area (Å²) >= 11 is 0. The number of pyridine rings is 1. The molecule has 0 aliphatic rings. The Morgan fingerprint density at radius 2 is 1.92 bits per heavy atom. The number of fused-ring (bicyclic) bond motifs is 1. The summed E-state index contributed by atoms with van der Waals surface area (Å²) in [6.07, 6.45) is 11.2. The Kier molecular flexibility index (Phi) is 4.04. The Morgan fingerprint density at radius 3 is 2.72 bits per heavy atom. The van der Waals surface area contributed by atoms with E-state index in [0.29, 0.717) is 0 Å². The minimum atomic E-state index is 0.164. The lowest BCUT2D eigenvalue weighted by atomic mass is 10.1. The van der Waals surface area contributed by atoms with Crippen LogP contribution in [0.15, 0.2) is 61.4 Å². The van der Waals surface area contributed by atoms with Crippen molar-refractivity contribution in [2.45, 2.75) is 19.4 Å². The van der Waals surface area contributed by atoms with Gasteiger partial charge in [0.15, 0.2) is 5.65 Å². The van der Waals surface area contributed by atoms with E-state index >= 15 is 0 Å². The van der Waals surface area contributed by atoms with E-state index in [-0.39, 0.29) is 6.04 Å². The quantitative estimate of drug-likeness (QED) is 0.605. The Morgan fingerprint density at radius 1 is 1.04 bits per heavy atom. The molecule has 4 rings (SSSR count). The van der Waals surface area contributed by atoms with Gasteiger partial charge >= 0.3 is 0 Å². The lowest BCUT2D eigenvalue weighted by Crippen LogP contribution is -2.21. The highest BCUT2D eigenvalue weighted by Crippen LogP contribution is 2.22. The standard InChI is InChI=1S/C18H17N7/c1-13(10-15-12-20-8-9-21-15)23-18-11-16(14-2-5-19-6-3-14)24-17-4-7-22-25(17)18/h2-9,11-13,23H,10H2,1H3/t13-/m0/s1. The Labute approximate surface area is 144 Å². The first-order valence-corrected chi connectivity index (χ1v) is 8.06. The zero-order valence-corrected chi connectivity index (χ0v) is 13.7. The van der Waals surface area contributed by atoms with Gasteiger partial charge in [-0.15, -0.1) is 0 Å². The van der Waals surface area contributed by atoms with Crippen LogP contribution in [0.25, 0.3) is 16.9 Å². The SMILES string of the molecule is C[C@@H](Cc1cnccn1)Nc1cc(-c2ccncc2)nc2ccnn12. The molecule has 0 spiro atoms. The highest BCUT2D eigenvalue weighted by atomic mass is 15.3. The predicted octanol–water partition coefficient (Wildman–Crippen LogP) is 2.62. The molecule has 0 radical (unpaired) electrons. The summed E-state index contributed by atoms with van der Waals surface area (Å²) in [4.78, 5) is 17.2. The minimum absolute atomic E-state index is 0.164. The van der Waals surface area contributed by atoms with Gasteiger partial charge in [-0.25, -0.2) is 4.98 Å². The van der Waals surface area contributed by atoms with Crippen molar-refractivity contribution in [1.82, 2.24) is 29.5 Å². The average molecular weight is 331 g/mol. The summed E-state index contributed by atoms with van der Waals surface area (Å²) in [5, 5.41) is 7.87. The third kappa shape index (κ3) is 3.30. The van der Waals surface area contributed by atoms with Gasteiger partial charge in [-0.2, -0.15) is 9.61 Å². The van der Waals surface area contributed by atoms with Crippen molar-refractivity contribution in [3.63, 3.8) is 0 Å². The lowest BCUT2D eigenvalue weighted by Gasteiger charge is -2.16. The largest absolute Gasteiger partial charge is 0.367 e. The molecular weight excluding hydrogens is 314 g/mol. The maximum Gasteiger partial charge on any atom is 0.157 e. The lowest BCUT2D eigenvalue weighted by molar-refractivity contribution is 0.750. The molecule has 0 aliphatic carbocycles. The number of rotatable bonds is 5. The van der Waals surface area contributed by atoms with Crippen molar-refractivity contribution in [3.8, 4) is 11.3 Å². The molecule has 4 heterocycles. The van der Waals surface area contributed by atoms with Gasteiger partial charge < -0.3 is 5.32 Å². The molecule has 4 aromatic heterocycles. The molecule has 0 amide bonds. The van der Waals surface area contributed by atoms with Gasteiger partial charge in [-0.3, -0.25) is 15.0 Å². The third-order valence-corrected chi connectivity index (χ3v) is 3.86. The molecular formula is C18H17N7. The molecule has 0 saturated carbocycles. The summed E-state index contributed by atoms with van der Waals surface area (Å²) in [6, 6.07) is 7.95. The molecule has 0 aliphatic heterocycles. The molecule has 7 heteroatoms. The van der Waals surface area contributed by atoms with Gasteiger partial charge in [0.05, 0.1) is 17.6 Å². The minimum Gasteiger partial charge on any atom is -0.367 e. The second-order valence-corrected chi connectivity index (χ2v) is 5.81. The number of nitrogens with one attached hydrogen (secondary N) is 1. The van der Waals surface area contributed by atoms with E-state index < -0.39 is 0 Å². The first kappa shape index (κ1) is 15.2. The van der Waals surface area contributed by atoms with Crippen LogP contribution in [0.1, 0.15) is 12.6 Å². The van der Waals surface area contributed by atoms with Gasteiger partial charge in [0.1, 0.15) is 5.82 Å². The zero-order valence-electron chi connectivity index (χ0n) is 13.7. The van der Waals surface area contributed by atoms with E-state index in [1.165, 1.54) is 0 Å². The number of nitrogens with zero attached hydrogens (tertiary/aromatic N) is 6. The average Bonchev–Trinajstić information content (AvgIpc) is 3.12. The first-order chi connectivity index (χ1) is 12.3. The van der Waals surface area contributed by atoms with Crippen molar-refractivity contribution >= 4 is 11.5 Å². The van der Waals surface area contributed by atoms with E-state index in [1.807, 2.05) is 24.3 Å². The van der Waals surface area contributed by atoms with E-state index in [2.05, 4.69) is 37.3 Å². The van der Waals surface area contributed by atoms with Crippen LogP contribution in [-0.4, -0.2) is 35.6 Å². The second-order valence-electron chi connectivity index (χ2n) is 5.81.